The molecule has 0 aromatic carbocycles. The van der Waals surface area contributed by atoms with E-state index in [1.54, 1.807) is 0 Å². The van der Waals surface area contributed by atoms with Gasteiger partial charge in [-0.2, -0.15) is 11.8 Å². The lowest BCUT2D eigenvalue weighted by atomic mass is 9.89. The van der Waals surface area contributed by atoms with Gasteiger partial charge in [0.2, 0.25) is 0 Å². The number of hydrogen-bond acceptors (Lipinski definition) is 3. The molecule has 2 atom stereocenters. The van der Waals surface area contributed by atoms with Gasteiger partial charge in [0.25, 0.3) is 0 Å². The molecule has 0 aliphatic carbocycles. The molecule has 0 amide bonds. The van der Waals surface area contributed by atoms with Gasteiger partial charge in [-0.05, 0) is 49.8 Å². The lowest BCUT2D eigenvalue weighted by molar-refractivity contribution is 0.115. The summed E-state index contributed by atoms with van der Waals surface area (Å²) in [4.78, 5) is 2.63. The van der Waals surface area contributed by atoms with Gasteiger partial charge in [0, 0.05) is 12.6 Å². The maximum absolute atomic E-state index is 5.89. The normalized spacial score (nSPS) is 27.2. The SMILES string of the molecule is CCSCCCN1CCC(CC)CC1CN. The average molecular weight is 244 g/mol. The molecule has 0 spiro atoms. The minimum Gasteiger partial charge on any atom is -0.329 e. The van der Waals surface area contributed by atoms with E-state index < -0.39 is 0 Å². The van der Waals surface area contributed by atoms with Crippen LogP contribution in [0, 0.1) is 5.92 Å². The average Bonchev–Trinajstić information content (AvgIpc) is 2.34. The molecule has 1 fully saturated rings. The van der Waals surface area contributed by atoms with E-state index in [9.17, 15) is 0 Å². The molecule has 0 saturated carbocycles. The Labute approximate surface area is 105 Å². The third-order valence-electron chi connectivity index (χ3n) is 3.73. The van der Waals surface area contributed by atoms with Crippen LogP contribution >= 0.6 is 11.8 Å². The van der Waals surface area contributed by atoms with Crippen LogP contribution < -0.4 is 5.73 Å². The Balaban J connectivity index is 2.24. The van der Waals surface area contributed by atoms with Crippen molar-refractivity contribution in [1.29, 1.82) is 0 Å². The number of nitrogens with two attached hydrogens (primary N) is 1. The van der Waals surface area contributed by atoms with Gasteiger partial charge in [0.05, 0.1) is 0 Å². The van der Waals surface area contributed by atoms with Gasteiger partial charge in [0.15, 0.2) is 0 Å². The number of likely N-dealkylation sites (tertiary alicyclic amines) is 1. The molecule has 96 valence electrons. The fourth-order valence-corrected chi connectivity index (χ4v) is 3.23. The summed E-state index contributed by atoms with van der Waals surface area (Å²) in [5.41, 5.74) is 5.89. The van der Waals surface area contributed by atoms with Crippen LogP contribution in [0.25, 0.3) is 0 Å². The Morgan fingerprint density at radius 3 is 2.81 bits per heavy atom. The summed E-state index contributed by atoms with van der Waals surface area (Å²) in [6.45, 7) is 7.92. The number of thioether (sulfide) groups is 1. The van der Waals surface area contributed by atoms with Crippen molar-refractivity contribution >= 4 is 11.8 Å². The first-order valence-electron chi connectivity index (χ1n) is 6.83. The second-order valence-corrected chi connectivity index (χ2v) is 6.17. The second-order valence-electron chi connectivity index (χ2n) is 4.77. The lowest BCUT2D eigenvalue weighted by Crippen LogP contribution is -2.46. The molecule has 2 N–H and O–H groups in total. The topological polar surface area (TPSA) is 29.3 Å². The third kappa shape index (κ3) is 4.64. The van der Waals surface area contributed by atoms with E-state index in [0.717, 1.165) is 12.5 Å². The summed E-state index contributed by atoms with van der Waals surface area (Å²) in [5, 5.41) is 0. The largest absolute Gasteiger partial charge is 0.329 e. The number of piperidine rings is 1. The Bertz CT molecular complexity index is 175. The highest BCUT2D eigenvalue weighted by molar-refractivity contribution is 7.99. The molecular formula is C13H28N2S. The standard InChI is InChI=1S/C13H28N2S/c1-3-12-6-8-15(13(10-12)11-14)7-5-9-16-4-2/h12-13H,3-11,14H2,1-2H3. The van der Waals surface area contributed by atoms with Crippen LogP contribution in [0.2, 0.25) is 0 Å². The predicted molar refractivity (Wildman–Crippen MR) is 75.0 cm³/mol. The van der Waals surface area contributed by atoms with Crippen LogP contribution in [0.4, 0.5) is 0 Å². The van der Waals surface area contributed by atoms with E-state index >= 15 is 0 Å². The zero-order valence-corrected chi connectivity index (χ0v) is 11.8. The van der Waals surface area contributed by atoms with Gasteiger partial charge in [0.1, 0.15) is 0 Å². The molecule has 1 aliphatic heterocycles. The molecule has 1 saturated heterocycles. The van der Waals surface area contributed by atoms with E-state index in [4.69, 9.17) is 5.73 Å². The third-order valence-corrected chi connectivity index (χ3v) is 4.72. The van der Waals surface area contributed by atoms with E-state index in [2.05, 4.69) is 30.5 Å². The molecule has 1 aliphatic rings. The summed E-state index contributed by atoms with van der Waals surface area (Å²) in [5.74, 6) is 3.48. The summed E-state index contributed by atoms with van der Waals surface area (Å²) in [6.07, 6.45) is 5.36. The molecule has 2 unspecified atom stereocenters. The first kappa shape index (κ1) is 14.3. The molecule has 0 bridgehead atoms. The molecule has 1 rings (SSSR count). The van der Waals surface area contributed by atoms with E-state index in [0.29, 0.717) is 6.04 Å². The van der Waals surface area contributed by atoms with Crippen molar-refractivity contribution in [3.63, 3.8) is 0 Å². The minimum absolute atomic E-state index is 0.658. The van der Waals surface area contributed by atoms with Crippen molar-refractivity contribution in [2.45, 2.75) is 45.6 Å². The van der Waals surface area contributed by atoms with Crippen LogP contribution in [0.5, 0.6) is 0 Å². The molecule has 0 aromatic heterocycles. The Morgan fingerprint density at radius 2 is 2.19 bits per heavy atom. The monoisotopic (exact) mass is 244 g/mol. The van der Waals surface area contributed by atoms with Crippen LogP contribution in [-0.4, -0.2) is 42.1 Å². The van der Waals surface area contributed by atoms with Crippen molar-refractivity contribution < 1.29 is 0 Å². The quantitative estimate of drug-likeness (QED) is 0.698. The van der Waals surface area contributed by atoms with Crippen molar-refractivity contribution in [1.82, 2.24) is 4.90 Å². The Kier molecular flexibility index (Phi) is 7.50. The Hall–Kier alpha value is 0.270. The van der Waals surface area contributed by atoms with Crippen LogP contribution in [0.15, 0.2) is 0 Å². The van der Waals surface area contributed by atoms with Gasteiger partial charge < -0.3 is 5.73 Å². The van der Waals surface area contributed by atoms with Crippen molar-refractivity contribution in [2.75, 3.05) is 31.1 Å². The molecule has 16 heavy (non-hydrogen) atoms. The van der Waals surface area contributed by atoms with Gasteiger partial charge >= 0.3 is 0 Å². The van der Waals surface area contributed by atoms with Gasteiger partial charge in [-0.1, -0.05) is 20.3 Å². The maximum Gasteiger partial charge on any atom is 0.0221 e. The number of rotatable bonds is 7. The molecule has 1 heterocycles. The summed E-state index contributed by atoms with van der Waals surface area (Å²) in [6, 6.07) is 0.658. The van der Waals surface area contributed by atoms with E-state index in [1.807, 2.05) is 0 Å². The molecule has 2 nitrogen and oxygen atoms in total. The van der Waals surface area contributed by atoms with Crippen molar-refractivity contribution in [2.24, 2.45) is 11.7 Å². The fraction of sp³-hybridized carbons (Fsp3) is 1.00. The number of hydrogen-bond donors (Lipinski definition) is 1. The fourth-order valence-electron chi connectivity index (χ4n) is 2.61. The van der Waals surface area contributed by atoms with Gasteiger partial charge in [-0.15, -0.1) is 0 Å². The zero-order chi connectivity index (χ0) is 11.8. The van der Waals surface area contributed by atoms with E-state index in [-0.39, 0.29) is 0 Å². The van der Waals surface area contributed by atoms with Gasteiger partial charge in [-0.25, -0.2) is 0 Å². The smallest absolute Gasteiger partial charge is 0.0221 e. The maximum atomic E-state index is 5.89. The van der Waals surface area contributed by atoms with Crippen LogP contribution in [0.3, 0.4) is 0 Å². The highest BCUT2D eigenvalue weighted by atomic mass is 32.2. The Morgan fingerprint density at radius 1 is 1.38 bits per heavy atom. The summed E-state index contributed by atoms with van der Waals surface area (Å²) < 4.78 is 0. The van der Waals surface area contributed by atoms with Crippen molar-refractivity contribution in [3.8, 4) is 0 Å². The van der Waals surface area contributed by atoms with Crippen LogP contribution in [0.1, 0.15) is 39.5 Å². The molecule has 3 heteroatoms. The lowest BCUT2D eigenvalue weighted by Gasteiger charge is -2.38. The first-order valence-corrected chi connectivity index (χ1v) is 7.99. The summed E-state index contributed by atoms with van der Waals surface area (Å²) in [7, 11) is 0. The first-order chi connectivity index (χ1) is 7.81. The zero-order valence-electron chi connectivity index (χ0n) is 11.0. The summed E-state index contributed by atoms with van der Waals surface area (Å²) >= 11 is 2.05. The van der Waals surface area contributed by atoms with E-state index in [1.165, 1.54) is 50.3 Å². The highest BCUT2D eigenvalue weighted by Gasteiger charge is 2.25. The molecular weight excluding hydrogens is 216 g/mol. The van der Waals surface area contributed by atoms with Crippen LogP contribution in [-0.2, 0) is 0 Å². The minimum atomic E-state index is 0.658. The highest BCUT2D eigenvalue weighted by Crippen LogP contribution is 2.25. The second kappa shape index (κ2) is 8.37. The molecule has 0 radical (unpaired) electrons. The predicted octanol–water partition coefficient (Wildman–Crippen LogP) is 2.58. The van der Waals surface area contributed by atoms with Crippen molar-refractivity contribution in [3.05, 3.63) is 0 Å². The number of nitrogens with zero attached hydrogens (tertiary/aromatic N) is 1. The van der Waals surface area contributed by atoms with Gasteiger partial charge in [-0.3, -0.25) is 4.90 Å². The molecule has 0 aromatic rings.